The highest BCUT2D eigenvalue weighted by Gasteiger charge is 2.19. The molecule has 0 fully saturated rings. The third-order valence-electron chi connectivity index (χ3n) is 7.66. The number of fused-ring (bicyclic) bond motifs is 4. The van der Waals surface area contributed by atoms with Crippen molar-refractivity contribution < 1.29 is 4.42 Å². The molecule has 42 heavy (non-hydrogen) atoms. The van der Waals surface area contributed by atoms with Gasteiger partial charge in [-0.3, -0.25) is 0 Å². The Balaban J connectivity index is 1.36. The van der Waals surface area contributed by atoms with Crippen molar-refractivity contribution in [3.05, 3.63) is 121 Å². The van der Waals surface area contributed by atoms with Crippen molar-refractivity contribution in [1.29, 1.82) is 0 Å². The lowest BCUT2D eigenvalue weighted by Gasteiger charge is -2.09. The quantitative estimate of drug-likeness (QED) is 0.217. The Kier molecular flexibility index (Phi) is 5.64. The van der Waals surface area contributed by atoms with E-state index in [4.69, 9.17) is 24.4 Å². The molecule has 200 valence electrons. The van der Waals surface area contributed by atoms with Crippen LogP contribution in [-0.2, 0) is 6.54 Å². The number of furan rings is 1. The van der Waals surface area contributed by atoms with Gasteiger partial charge in [0.1, 0.15) is 17.0 Å². The maximum atomic E-state index is 6.35. The van der Waals surface area contributed by atoms with Gasteiger partial charge < -0.3 is 8.98 Å². The van der Waals surface area contributed by atoms with Crippen LogP contribution in [0.4, 0.5) is 0 Å². The Morgan fingerprint density at radius 3 is 1.90 bits per heavy atom. The maximum absolute atomic E-state index is 6.35. The van der Waals surface area contributed by atoms with E-state index in [1.165, 1.54) is 0 Å². The van der Waals surface area contributed by atoms with E-state index >= 15 is 0 Å². The molecule has 0 saturated carbocycles. The highest BCUT2D eigenvalue weighted by Crippen LogP contribution is 2.39. The lowest BCUT2D eigenvalue weighted by Crippen LogP contribution is -2.00. The van der Waals surface area contributed by atoms with Gasteiger partial charge in [0.25, 0.3) is 0 Å². The molecular weight excluding hydrogens is 518 g/mol. The van der Waals surface area contributed by atoms with Gasteiger partial charge in [0.15, 0.2) is 17.5 Å². The van der Waals surface area contributed by atoms with Crippen molar-refractivity contribution in [2.24, 2.45) is 0 Å². The van der Waals surface area contributed by atoms with E-state index in [0.29, 0.717) is 17.5 Å². The van der Waals surface area contributed by atoms with Crippen molar-refractivity contribution >= 4 is 33.0 Å². The van der Waals surface area contributed by atoms with Gasteiger partial charge in [-0.2, -0.15) is 0 Å². The lowest BCUT2D eigenvalue weighted by atomic mass is 10.0. The fourth-order valence-electron chi connectivity index (χ4n) is 5.69. The van der Waals surface area contributed by atoms with E-state index in [0.717, 1.165) is 67.6 Å². The standard InChI is InChI=1S/C36H25N5O/c1-2-41-29-18-10-9-17-28(29)37-36(41)26-16-11-19-31-32(26)27-22-25(20-21-30(27)42-31)35-39-33(23-12-5-3-6-13-23)38-34(40-35)24-14-7-4-8-15-24/h3-22H,2H2,1H3. The van der Waals surface area contributed by atoms with Gasteiger partial charge in [-0.05, 0) is 43.3 Å². The highest BCUT2D eigenvalue weighted by atomic mass is 16.3. The summed E-state index contributed by atoms with van der Waals surface area (Å²) in [5, 5.41) is 2.02. The predicted octanol–water partition coefficient (Wildman–Crippen LogP) is 8.81. The molecule has 0 aliphatic carbocycles. The fourth-order valence-corrected chi connectivity index (χ4v) is 5.69. The van der Waals surface area contributed by atoms with Crippen LogP contribution in [0.3, 0.4) is 0 Å². The molecule has 3 aromatic heterocycles. The van der Waals surface area contributed by atoms with Crippen molar-refractivity contribution in [3.63, 3.8) is 0 Å². The second kappa shape index (κ2) is 9.78. The number of rotatable bonds is 5. The molecule has 0 spiro atoms. The Morgan fingerprint density at radius 1 is 0.571 bits per heavy atom. The van der Waals surface area contributed by atoms with Crippen LogP contribution in [0.1, 0.15) is 6.92 Å². The zero-order chi connectivity index (χ0) is 28.0. The molecule has 0 N–H and O–H groups in total. The summed E-state index contributed by atoms with van der Waals surface area (Å²) in [6.07, 6.45) is 0. The topological polar surface area (TPSA) is 69.6 Å². The minimum Gasteiger partial charge on any atom is -0.456 e. The van der Waals surface area contributed by atoms with Crippen molar-refractivity contribution in [2.75, 3.05) is 0 Å². The van der Waals surface area contributed by atoms with E-state index in [2.05, 4.69) is 41.8 Å². The smallest absolute Gasteiger partial charge is 0.164 e. The van der Waals surface area contributed by atoms with Crippen molar-refractivity contribution in [3.8, 4) is 45.6 Å². The van der Waals surface area contributed by atoms with Crippen LogP contribution in [0, 0.1) is 0 Å². The molecule has 8 aromatic rings. The number of benzene rings is 5. The second-order valence-electron chi connectivity index (χ2n) is 10.2. The third-order valence-corrected chi connectivity index (χ3v) is 7.66. The van der Waals surface area contributed by atoms with Gasteiger partial charge in [0.2, 0.25) is 0 Å². The zero-order valence-corrected chi connectivity index (χ0v) is 22.9. The summed E-state index contributed by atoms with van der Waals surface area (Å²) in [4.78, 5) is 19.8. The molecule has 0 radical (unpaired) electrons. The molecule has 0 aliphatic rings. The summed E-state index contributed by atoms with van der Waals surface area (Å²) in [7, 11) is 0. The number of hydrogen-bond donors (Lipinski definition) is 0. The molecule has 0 aliphatic heterocycles. The number of aryl methyl sites for hydroxylation is 1. The highest BCUT2D eigenvalue weighted by molar-refractivity contribution is 6.13. The summed E-state index contributed by atoms with van der Waals surface area (Å²) in [6, 6.07) is 40.6. The molecule has 6 nitrogen and oxygen atoms in total. The molecule has 3 heterocycles. The van der Waals surface area contributed by atoms with Gasteiger partial charge in [-0.25, -0.2) is 19.9 Å². The summed E-state index contributed by atoms with van der Waals surface area (Å²) >= 11 is 0. The lowest BCUT2D eigenvalue weighted by molar-refractivity contribution is 0.669. The number of imidazole rings is 1. The molecule has 0 atom stereocenters. The SMILES string of the molecule is CCn1c(-c2cccc3oc4ccc(-c5nc(-c6ccccc6)nc(-c6ccccc6)n5)cc4c23)nc2ccccc21. The zero-order valence-electron chi connectivity index (χ0n) is 22.9. The largest absolute Gasteiger partial charge is 0.456 e. The first-order chi connectivity index (χ1) is 20.8. The molecule has 0 saturated heterocycles. The first-order valence-electron chi connectivity index (χ1n) is 14.0. The third kappa shape index (κ3) is 3.96. The van der Waals surface area contributed by atoms with Crippen molar-refractivity contribution in [1.82, 2.24) is 24.5 Å². The monoisotopic (exact) mass is 543 g/mol. The predicted molar refractivity (Wildman–Crippen MR) is 168 cm³/mol. The minimum absolute atomic E-state index is 0.609. The van der Waals surface area contributed by atoms with E-state index < -0.39 is 0 Å². The molecule has 0 amide bonds. The Hall–Kier alpha value is -5.62. The molecule has 6 heteroatoms. The average molecular weight is 544 g/mol. The van der Waals surface area contributed by atoms with Crippen molar-refractivity contribution in [2.45, 2.75) is 13.5 Å². The van der Waals surface area contributed by atoms with Gasteiger partial charge in [-0.15, -0.1) is 0 Å². The summed E-state index contributed by atoms with van der Waals surface area (Å²) in [5.41, 5.74) is 7.52. The molecule has 0 bridgehead atoms. The average Bonchev–Trinajstić information content (AvgIpc) is 3.63. The summed E-state index contributed by atoms with van der Waals surface area (Å²) in [6.45, 7) is 2.96. The van der Waals surface area contributed by atoms with Crippen LogP contribution in [-0.4, -0.2) is 24.5 Å². The van der Waals surface area contributed by atoms with Gasteiger partial charge in [-0.1, -0.05) is 84.9 Å². The Morgan fingerprint density at radius 2 is 1.21 bits per heavy atom. The second-order valence-corrected chi connectivity index (χ2v) is 10.2. The van der Waals surface area contributed by atoms with Gasteiger partial charge in [0.05, 0.1) is 11.0 Å². The fraction of sp³-hybridized carbons (Fsp3) is 0.0556. The van der Waals surface area contributed by atoms with Crippen LogP contribution < -0.4 is 0 Å². The van der Waals surface area contributed by atoms with Gasteiger partial charge >= 0.3 is 0 Å². The number of hydrogen-bond acceptors (Lipinski definition) is 5. The molecular formula is C36H25N5O. The first kappa shape index (κ1) is 24.2. The van der Waals surface area contributed by atoms with E-state index in [1.54, 1.807) is 0 Å². The summed E-state index contributed by atoms with van der Waals surface area (Å²) in [5.74, 6) is 2.80. The normalized spacial score (nSPS) is 11.5. The first-order valence-corrected chi connectivity index (χ1v) is 14.0. The van der Waals surface area contributed by atoms with E-state index in [1.807, 2.05) is 91.0 Å². The van der Waals surface area contributed by atoms with Crippen LogP contribution >= 0.6 is 0 Å². The number of para-hydroxylation sites is 2. The molecule has 5 aromatic carbocycles. The van der Waals surface area contributed by atoms with E-state index in [9.17, 15) is 0 Å². The molecule has 0 unspecified atom stereocenters. The maximum Gasteiger partial charge on any atom is 0.164 e. The Labute approximate surface area is 242 Å². The molecule has 8 rings (SSSR count). The van der Waals surface area contributed by atoms with Crippen LogP contribution in [0.15, 0.2) is 126 Å². The van der Waals surface area contributed by atoms with Crippen LogP contribution in [0.25, 0.3) is 78.5 Å². The summed E-state index contributed by atoms with van der Waals surface area (Å²) < 4.78 is 8.61. The number of aromatic nitrogens is 5. The van der Waals surface area contributed by atoms with Crippen LogP contribution in [0.5, 0.6) is 0 Å². The van der Waals surface area contributed by atoms with E-state index in [-0.39, 0.29) is 0 Å². The van der Waals surface area contributed by atoms with Gasteiger partial charge in [0, 0.05) is 39.6 Å². The minimum atomic E-state index is 0.609. The Bertz CT molecular complexity index is 2180. The van der Waals surface area contributed by atoms with Crippen LogP contribution in [0.2, 0.25) is 0 Å². The number of nitrogens with zero attached hydrogens (tertiary/aromatic N) is 5.